The first-order valence-electron chi connectivity index (χ1n) is 5.62. The highest BCUT2D eigenvalue weighted by atomic mass is 32.1. The van der Waals surface area contributed by atoms with Gasteiger partial charge in [-0.25, -0.2) is 0 Å². The molecule has 1 unspecified atom stereocenters. The highest BCUT2D eigenvalue weighted by molar-refractivity contribution is 7.10. The van der Waals surface area contributed by atoms with E-state index in [2.05, 4.69) is 67.0 Å². The zero-order chi connectivity index (χ0) is 11.4. The topological polar surface area (TPSA) is 12.0 Å². The summed E-state index contributed by atoms with van der Waals surface area (Å²) in [6.45, 7) is 4.42. The van der Waals surface area contributed by atoms with Gasteiger partial charge in [0.2, 0.25) is 0 Å². The van der Waals surface area contributed by atoms with E-state index in [0.29, 0.717) is 12.1 Å². The average Bonchev–Trinajstić information content (AvgIpc) is 2.83. The van der Waals surface area contributed by atoms with E-state index in [4.69, 9.17) is 0 Å². The first-order chi connectivity index (χ1) is 7.77. The summed E-state index contributed by atoms with van der Waals surface area (Å²) >= 11 is 1.81. The van der Waals surface area contributed by atoms with Crippen LogP contribution in [0.15, 0.2) is 47.8 Å². The lowest BCUT2D eigenvalue weighted by molar-refractivity contribution is 0.500. The van der Waals surface area contributed by atoms with Gasteiger partial charge in [0.05, 0.1) is 0 Å². The molecule has 1 N–H and O–H groups in total. The molecule has 2 rings (SSSR count). The van der Waals surface area contributed by atoms with E-state index in [9.17, 15) is 0 Å². The Kier molecular flexibility index (Phi) is 3.75. The minimum atomic E-state index is 0.387. The molecule has 16 heavy (non-hydrogen) atoms. The van der Waals surface area contributed by atoms with E-state index >= 15 is 0 Å². The van der Waals surface area contributed by atoms with Crippen molar-refractivity contribution in [3.05, 3.63) is 58.3 Å². The van der Waals surface area contributed by atoms with E-state index in [1.165, 1.54) is 10.4 Å². The van der Waals surface area contributed by atoms with Crippen molar-refractivity contribution in [2.24, 2.45) is 0 Å². The quantitative estimate of drug-likeness (QED) is 0.833. The molecule has 2 aromatic rings. The first-order valence-corrected chi connectivity index (χ1v) is 6.49. The second-order valence-electron chi connectivity index (χ2n) is 4.04. The maximum Gasteiger partial charge on any atom is 0.0391 e. The van der Waals surface area contributed by atoms with Crippen LogP contribution in [0.2, 0.25) is 0 Å². The monoisotopic (exact) mass is 231 g/mol. The van der Waals surface area contributed by atoms with Gasteiger partial charge < -0.3 is 5.32 Å². The fourth-order valence-electron chi connectivity index (χ4n) is 1.83. The summed E-state index contributed by atoms with van der Waals surface area (Å²) < 4.78 is 0. The highest BCUT2D eigenvalue weighted by Gasteiger charge is 2.10. The summed E-state index contributed by atoms with van der Waals surface area (Å²) in [7, 11) is 0. The van der Waals surface area contributed by atoms with Gasteiger partial charge in [0.25, 0.3) is 0 Å². The van der Waals surface area contributed by atoms with Crippen molar-refractivity contribution in [3.63, 3.8) is 0 Å². The molecule has 1 aromatic carbocycles. The van der Waals surface area contributed by atoms with Crippen molar-refractivity contribution >= 4 is 11.3 Å². The number of benzene rings is 1. The van der Waals surface area contributed by atoms with E-state index in [0.717, 1.165) is 0 Å². The molecule has 0 saturated heterocycles. The van der Waals surface area contributed by atoms with Gasteiger partial charge in [-0.3, -0.25) is 0 Å². The molecule has 1 aromatic heterocycles. The molecule has 84 valence electrons. The van der Waals surface area contributed by atoms with Gasteiger partial charge in [0.1, 0.15) is 0 Å². The van der Waals surface area contributed by atoms with Crippen LogP contribution in [-0.2, 0) is 0 Å². The Labute approximate surface area is 101 Å². The fourth-order valence-corrected chi connectivity index (χ4v) is 2.58. The summed E-state index contributed by atoms with van der Waals surface area (Å²) in [5, 5.41) is 5.73. The van der Waals surface area contributed by atoms with Crippen molar-refractivity contribution < 1.29 is 0 Å². The Hall–Kier alpha value is -1.12. The Morgan fingerprint density at radius 2 is 1.69 bits per heavy atom. The van der Waals surface area contributed by atoms with Crippen LogP contribution in [0.4, 0.5) is 0 Å². The minimum Gasteiger partial charge on any atom is -0.303 e. The normalized spacial score (nSPS) is 14.6. The molecule has 0 aliphatic heterocycles. The Balaban J connectivity index is 2.00. The van der Waals surface area contributed by atoms with Crippen LogP contribution in [0, 0.1) is 0 Å². The van der Waals surface area contributed by atoms with Gasteiger partial charge >= 0.3 is 0 Å². The number of nitrogens with one attached hydrogen (secondary N) is 1. The molecule has 0 radical (unpaired) electrons. The minimum absolute atomic E-state index is 0.387. The van der Waals surface area contributed by atoms with Crippen LogP contribution >= 0.6 is 11.3 Å². The van der Waals surface area contributed by atoms with Crippen LogP contribution in [0.25, 0.3) is 0 Å². The van der Waals surface area contributed by atoms with Gasteiger partial charge in [-0.1, -0.05) is 36.4 Å². The molecule has 0 bridgehead atoms. The van der Waals surface area contributed by atoms with Crippen LogP contribution in [0.3, 0.4) is 0 Å². The number of rotatable bonds is 4. The molecule has 1 heterocycles. The van der Waals surface area contributed by atoms with Gasteiger partial charge in [0.15, 0.2) is 0 Å². The second-order valence-corrected chi connectivity index (χ2v) is 5.02. The smallest absolute Gasteiger partial charge is 0.0391 e. The fraction of sp³-hybridized carbons (Fsp3) is 0.286. The zero-order valence-corrected chi connectivity index (χ0v) is 10.5. The van der Waals surface area contributed by atoms with Crippen molar-refractivity contribution in [2.45, 2.75) is 25.9 Å². The van der Waals surface area contributed by atoms with Crippen LogP contribution in [0.1, 0.15) is 36.4 Å². The molecule has 0 aliphatic rings. The lowest BCUT2D eigenvalue weighted by Gasteiger charge is -2.19. The summed E-state index contributed by atoms with van der Waals surface area (Å²) in [5.41, 5.74) is 1.34. The van der Waals surface area contributed by atoms with Gasteiger partial charge in [-0.15, -0.1) is 11.3 Å². The molecular weight excluding hydrogens is 214 g/mol. The van der Waals surface area contributed by atoms with Crippen molar-refractivity contribution in [3.8, 4) is 0 Å². The molecule has 1 nitrogen and oxygen atoms in total. The molecule has 2 heteroatoms. The number of thiophene rings is 1. The Morgan fingerprint density at radius 3 is 2.31 bits per heavy atom. The average molecular weight is 231 g/mol. The molecular formula is C14H17NS. The standard InChI is InChI=1S/C14H17NS/c1-11(13-7-4-3-5-8-13)15-12(2)14-9-6-10-16-14/h3-12,15H,1-2H3/t11?,12-/m0/s1. The second kappa shape index (κ2) is 5.28. The Morgan fingerprint density at radius 1 is 0.938 bits per heavy atom. The predicted octanol–water partition coefficient (Wildman–Crippen LogP) is 4.16. The summed E-state index contributed by atoms with van der Waals surface area (Å²) in [5.74, 6) is 0. The summed E-state index contributed by atoms with van der Waals surface area (Å²) in [4.78, 5) is 1.39. The van der Waals surface area contributed by atoms with E-state index in [-0.39, 0.29) is 0 Å². The van der Waals surface area contributed by atoms with Crippen molar-refractivity contribution in [2.75, 3.05) is 0 Å². The maximum atomic E-state index is 3.61. The van der Waals surface area contributed by atoms with Crippen LogP contribution in [-0.4, -0.2) is 0 Å². The molecule has 0 amide bonds. The van der Waals surface area contributed by atoms with E-state index < -0.39 is 0 Å². The zero-order valence-electron chi connectivity index (χ0n) is 9.68. The van der Waals surface area contributed by atoms with Crippen LogP contribution < -0.4 is 5.32 Å². The van der Waals surface area contributed by atoms with Gasteiger partial charge in [-0.05, 0) is 30.9 Å². The number of hydrogen-bond acceptors (Lipinski definition) is 2. The van der Waals surface area contributed by atoms with E-state index in [1.54, 1.807) is 11.3 Å². The molecule has 0 fully saturated rings. The van der Waals surface area contributed by atoms with Crippen molar-refractivity contribution in [1.82, 2.24) is 5.32 Å². The summed E-state index contributed by atoms with van der Waals surface area (Å²) in [6.07, 6.45) is 0. The highest BCUT2D eigenvalue weighted by Crippen LogP contribution is 2.22. The molecule has 0 aliphatic carbocycles. The van der Waals surface area contributed by atoms with E-state index in [1.807, 2.05) is 0 Å². The largest absolute Gasteiger partial charge is 0.303 e. The molecule has 0 spiro atoms. The lowest BCUT2D eigenvalue weighted by Crippen LogP contribution is -2.21. The lowest BCUT2D eigenvalue weighted by atomic mass is 10.1. The predicted molar refractivity (Wildman–Crippen MR) is 70.7 cm³/mol. The summed E-state index contributed by atoms with van der Waals surface area (Å²) in [6, 6.07) is 15.6. The molecule has 0 saturated carbocycles. The number of hydrogen-bond donors (Lipinski definition) is 1. The van der Waals surface area contributed by atoms with Crippen LogP contribution in [0.5, 0.6) is 0 Å². The SMILES string of the molecule is CC(N[C@@H](C)c1cccs1)c1ccccc1. The Bertz CT molecular complexity index is 408. The first kappa shape index (κ1) is 11.4. The third-order valence-electron chi connectivity index (χ3n) is 2.77. The van der Waals surface area contributed by atoms with Gasteiger partial charge in [-0.2, -0.15) is 0 Å². The third kappa shape index (κ3) is 2.71. The van der Waals surface area contributed by atoms with Crippen molar-refractivity contribution in [1.29, 1.82) is 0 Å². The molecule has 2 atom stereocenters. The van der Waals surface area contributed by atoms with Gasteiger partial charge in [0, 0.05) is 17.0 Å². The third-order valence-corrected chi connectivity index (χ3v) is 3.82. The maximum absolute atomic E-state index is 3.61.